The predicted octanol–water partition coefficient (Wildman–Crippen LogP) is 2.37. The van der Waals surface area contributed by atoms with Crippen molar-refractivity contribution >= 4 is 0 Å². The molecule has 0 fully saturated rings. The Labute approximate surface area is 91.9 Å². The van der Waals surface area contributed by atoms with Crippen LogP contribution >= 0.6 is 0 Å². The van der Waals surface area contributed by atoms with Gasteiger partial charge in [-0.25, -0.2) is 0 Å². The quantitative estimate of drug-likeness (QED) is 0.806. The molecule has 0 aliphatic carbocycles. The molecule has 0 spiro atoms. The molecule has 0 aliphatic rings. The summed E-state index contributed by atoms with van der Waals surface area (Å²) in [6, 6.07) is 1.92. The Balaban J connectivity index is 2.84. The summed E-state index contributed by atoms with van der Waals surface area (Å²) in [5, 5.41) is 3.11. The Bertz CT molecular complexity index is 310. The van der Waals surface area contributed by atoms with Gasteiger partial charge in [0.1, 0.15) is 11.4 Å². The molecule has 0 atom stereocenters. The highest BCUT2D eigenvalue weighted by Gasteiger charge is 2.18. The third-order valence-corrected chi connectivity index (χ3v) is 2.46. The van der Waals surface area contributed by atoms with E-state index in [1.807, 2.05) is 19.3 Å². The van der Waals surface area contributed by atoms with E-state index >= 15 is 0 Å². The van der Waals surface area contributed by atoms with Crippen molar-refractivity contribution in [1.82, 2.24) is 10.3 Å². The molecule has 0 saturated carbocycles. The lowest BCUT2D eigenvalue weighted by molar-refractivity contribution is 0.103. The average Bonchev–Trinajstić information content (AvgIpc) is 2.21. The van der Waals surface area contributed by atoms with Gasteiger partial charge in [0.15, 0.2) is 0 Å². The van der Waals surface area contributed by atoms with Crippen molar-refractivity contribution in [2.75, 3.05) is 7.05 Å². The maximum Gasteiger partial charge on any atom is 0.127 e. The van der Waals surface area contributed by atoms with Gasteiger partial charge < -0.3 is 10.1 Å². The molecule has 1 aromatic rings. The van der Waals surface area contributed by atoms with E-state index in [9.17, 15) is 0 Å². The summed E-state index contributed by atoms with van der Waals surface area (Å²) >= 11 is 0. The van der Waals surface area contributed by atoms with Gasteiger partial charge in [-0.05, 0) is 33.4 Å². The van der Waals surface area contributed by atoms with Gasteiger partial charge >= 0.3 is 0 Å². The second-order valence-electron chi connectivity index (χ2n) is 4.23. The summed E-state index contributed by atoms with van der Waals surface area (Å²) < 4.78 is 5.95. The number of nitrogens with one attached hydrogen (secondary N) is 1. The van der Waals surface area contributed by atoms with E-state index in [1.165, 1.54) is 0 Å². The minimum absolute atomic E-state index is 0.121. The number of hydrogen-bond acceptors (Lipinski definition) is 3. The van der Waals surface area contributed by atoms with Crippen LogP contribution in [0, 0.1) is 0 Å². The third kappa shape index (κ3) is 3.51. The van der Waals surface area contributed by atoms with Crippen LogP contribution in [0.2, 0.25) is 0 Å². The molecular weight excluding hydrogens is 188 g/mol. The first-order chi connectivity index (χ1) is 7.09. The number of pyridine rings is 1. The van der Waals surface area contributed by atoms with Gasteiger partial charge in [0.05, 0.1) is 0 Å². The molecule has 0 bridgehead atoms. The van der Waals surface area contributed by atoms with Crippen LogP contribution in [0.25, 0.3) is 0 Å². The monoisotopic (exact) mass is 208 g/mol. The topological polar surface area (TPSA) is 34.1 Å². The Hall–Kier alpha value is -1.09. The van der Waals surface area contributed by atoms with Crippen molar-refractivity contribution in [2.24, 2.45) is 0 Å². The average molecular weight is 208 g/mol. The van der Waals surface area contributed by atoms with Gasteiger partial charge in [-0.1, -0.05) is 6.92 Å². The molecule has 0 unspecified atom stereocenters. The first-order valence-electron chi connectivity index (χ1n) is 5.35. The number of rotatable bonds is 5. The van der Waals surface area contributed by atoms with E-state index in [-0.39, 0.29) is 5.60 Å². The lowest BCUT2D eigenvalue weighted by atomic mass is 10.1. The highest BCUT2D eigenvalue weighted by molar-refractivity contribution is 5.30. The SMILES string of the molecule is CCC(C)(C)Oc1ccncc1CNC. The van der Waals surface area contributed by atoms with Crippen molar-refractivity contribution in [3.05, 3.63) is 24.0 Å². The highest BCUT2D eigenvalue weighted by atomic mass is 16.5. The van der Waals surface area contributed by atoms with Crippen molar-refractivity contribution in [2.45, 2.75) is 39.3 Å². The molecule has 0 amide bonds. The Morgan fingerprint density at radius 1 is 1.47 bits per heavy atom. The molecule has 1 N–H and O–H groups in total. The largest absolute Gasteiger partial charge is 0.487 e. The standard InChI is InChI=1S/C12H20N2O/c1-5-12(2,3)15-11-6-7-14-9-10(11)8-13-4/h6-7,9,13H,5,8H2,1-4H3. The number of ether oxygens (including phenoxy) is 1. The van der Waals surface area contributed by atoms with Crippen molar-refractivity contribution in [3.8, 4) is 5.75 Å². The van der Waals surface area contributed by atoms with Crippen LogP contribution < -0.4 is 10.1 Å². The predicted molar refractivity (Wildman–Crippen MR) is 62.0 cm³/mol. The van der Waals surface area contributed by atoms with Crippen LogP contribution in [0.3, 0.4) is 0 Å². The molecule has 3 nitrogen and oxygen atoms in total. The van der Waals surface area contributed by atoms with E-state index in [0.29, 0.717) is 0 Å². The van der Waals surface area contributed by atoms with E-state index in [0.717, 1.165) is 24.3 Å². The van der Waals surface area contributed by atoms with E-state index in [1.54, 1.807) is 6.20 Å². The van der Waals surface area contributed by atoms with Crippen LogP contribution in [0.1, 0.15) is 32.8 Å². The smallest absolute Gasteiger partial charge is 0.127 e. The lowest BCUT2D eigenvalue weighted by Crippen LogP contribution is -2.27. The molecule has 15 heavy (non-hydrogen) atoms. The minimum atomic E-state index is -0.121. The summed E-state index contributed by atoms with van der Waals surface area (Å²) in [6.07, 6.45) is 4.59. The number of aromatic nitrogens is 1. The Morgan fingerprint density at radius 3 is 2.80 bits per heavy atom. The summed E-state index contributed by atoms with van der Waals surface area (Å²) in [4.78, 5) is 4.10. The second kappa shape index (κ2) is 5.12. The van der Waals surface area contributed by atoms with Crippen LogP contribution in [0.5, 0.6) is 5.75 Å². The van der Waals surface area contributed by atoms with E-state index < -0.39 is 0 Å². The van der Waals surface area contributed by atoms with Crippen molar-refractivity contribution < 1.29 is 4.74 Å². The van der Waals surface area contributed by atoms with Crippen LogP contribution in [-0.2, 0) is 6.54 Å². The molecule has 1 aromatic heterocycles. The fraction of sp³-hybridized carbons (Fsp3) is 0.583. The molecule has 0 aromatic carbocycles. The number of hydrogen-bond donors (Lipinski definition) is 1. The molecule has 0 saturated heterocycles. The fourth-order valence-electron chi connectivity index (χ4n) is 1.21. The van der Waals surface area contributed by atoms with Crippen molar-refractivity contribution in [1.29, 1.82) is 0 Å². The molecule has 84 valence electrons. The Morgan fingerprint density at radius 2 is 2.20 bits per heavy atom. The maximum atomic E-state index is 5.95. The summed E-state index contributed by atoms with van der Waals surface area (Å²) in [7, 11) is 1.92. The van der Waals surface area contributed by atoms with Gasteiger partial charge in [-0.2, -0.15) is 0 Å². The first kappa shape index (κ1) is 12.0. The van der Waals surface area contributed by atoms with E-state index in [4.69, 9.17) is 4.74 Å². The van der Waals surface area contributed by atoms with Gasteiger partial charge in [0.25, 0.3) is 0 Å². The van der Waals surface area contributed by atoms with Crippen molar-refractivity contribution in [3.63, 3.8) is 0 Å². The molecule has 1 rings (SSSR count). The molecule has 1 heterocycles. The van der Waals surface area contributed by atoms with Gasteiger partial charge in [-0.15, -0.1) is 0 Å². The molecule has 3 heteroatoms. The third-order valence-electron chi connectivity index (χ3n) is 2.46. The second-order valence-corrected chi connectivity index (χ2v) is 4.23. The zero-order valence-corrected chi connectivity index (χ0v) is 10.0. The minimum Gasteiger partial charge on any atom is -0.487 e. The van der Waals surface area contributed by atoms with Crippen LogP contribution in [-0.4, -0.2) is 17.6 Å². The molecule has 0 radical (unpaired) electrons. The zero-order valence-electron chi connectivity index (χ0n) is 10.0. The summed E-state index contributed by atoms with van der Waals surface area (Å²) in [5.41, 5.74) is 0.977. The fourth-order valence-corrected chi connectivity index (χ4v) is 1.21. The molecule has 0 aliphatic heterocycles. The van der Waals surface area contributed by atoms with Crippen LogP contribution in [0.4, 0.5) is 0 Å². The summed E-state index contributed by atoms with van der Waals surface area (Å²) in [6.45, 7) is 7.09. The van der Waals surface area contributed by atoms with Crippen LogP contribution in [0.15, 0.2) is 18.5 Å². The van der Waals surface area contributed by atoms with Gasteiger partial charge in [-0.3, -0.25) is 4.98 Å². The normalized spacial score (nSPS) is 11.5. The summed E-state index contributed by atoms with van der Waals surface area (Å²) in [5.74, 6) is 0.922. The van der Waals surface area contributed by atoms with Gasteiger partial charge in [0.2, 0.25) is 0 Å². The van der Waals surface area contributed by atoms with Gasteiger partial charge in [0, 0.05) is 24.5 Å². The highest BCUT2D eigenvalue weighted by Crippen LogP contribution is 2.23. The van der Waals surface area contributed by atoms with E-state index in [2.05, 4.69) is 31.1 Å². The lowest BCUT2D eigenvalue weighted by Gasteiger charge is -2.26. The zero-order chi connectivity index (χ0) is 11.3. The number of nitrogens with zero attached hydrogens (tertiary/aromatic N) is 1. The maximum absolute atomic E-state index is 5.95. The first-order valence-corrected chi connectivity index (χ1v) is 5.35. The molecular formula is C12H20N2O. The Kier molecular flexibility index (Phi) is 4.09.